The Bertz CT molecular complexity index is 489. The SMILES string of the molecule is C[C](C)(C)[Sn][c]1ccnc(-c2ccccc2)n1. The van der Waals surface area contributed by atoms with Gasteiger partial charge in [0.05, 0.1) is 0 Å². The van der Waals surface area contributed by atoms with Crippen molar-refractivity contribution in [2.24, 2.45) is 0 Å². The molecule has 86 valence electrons. The van der Waals surface area contributed by atoms with Gasteiger partial charge in [-0.1, -0.05) is 0 Å². The molecule has 0 bridgehead atoms. The van der Waals surface area contributed by atoms with Crippen LogP contribution in [-0.2, 0) is 0 Å². The van der Waals surface area contributed by atoms with Crippen LogP contribution in [0.1, 0.15) is 20.8 Å². The van der Waals surface area contributed by atoms with Gasteiger partial charge in [0.2, 0.25) is 0 Å². The summed E-state index contributed by atoms with van der Waals surface area (Å²) >= 11 is -0.646. The van der Waals surface area contributed by atoms with Crippen LogP contribution >= 0.6 is 0 Å². The van der Waals surface area contributed by atoms with Crippen molar-refractivity contribution in [1.82, 2.24) is 9.97 Å². The van der Waals surface area contributed by atoms with Crippen molar-refractivity contribution >= 4 is 24.9 Å². The van der Waals surface area contributed by atoms with E-state index in [0.717, 1.165) is 11.4 Å². The van der Waals surface area contributed by atoms with Crippen LogP contribution in [-0.4, -0.2) is 31.1 Å². The summed E-state index contributed by atoms with van der Waals surface area (Å²) in [7, 11) is 0. The molecule has 2 nitrogen and oxygen atoms in total. The fourth-order valence-corrected chi connectivity index (χ4v) is 4.64. The van der Waals surface area contributed by atoms with Crippen LogP contribution in [0.15, 0.2) is 42.6 Å². The summed E-state index contributed by atoms with van der Waals surface area (Å²) in [5.41, 5.74) is 1.10. The van der Waals surface area contributed by atoms with Crippen molar-refractivity contribution in [2.45, 2.75) is 24.2 Å². The molecular formula is C14H16N2Sn. The van der Waals surface area contributed by atoms with E-state index in [1.165, 1.54) is 3.71 Å². The van der Waals surface area contributed by atoms with Crippen LogP contribution in [0, 0.1) is 0 Å². The van der Waals surface area contributed by atoms with Crippen molar-refractivity contribution in [2.75, 3.05) is 0 Å². The van der Waals surface area contributed by atoms with E-state index in [0.29, 0.717) is 3.43 Å². The van der Waals surface area contributed by atoms with Gasteiger partial charge in [-0.15, -0.1) is 0 Å². The predicted molar refractivity (Wildman–Crippen MR) is 72.6 cm³/mol. The Hall–Kier alpha value is -0.901. The molecule has 0 fully saturated rings. The second-order valence-electron chi connectivity index (χ2n) is 5.01. The molecule has 0 aliphatic heterocycles. The number of rotatable bonds is 2. The topological polar surface area (TPSA) is 25.8 Å². The van der Waals surface area contributed by atoms with Gasteiger partial charge in [0, 0.05) is 0 Å². The van der Waals surface area contributed by atoms with Gasteiger partial charge in [0.25, 0.3) is 0 Å². The third kappa shape index (κ3) is 3.80. The van der Waals surface area contributed by atoms with Crippen LogP contribution in [0.25, 0.3) is 11.4 Å². The molecule has 1 aromatic carbocycles. The summed E-state index contributed by atoms with van der Waals surface area (Å²) in [6, 6.07) is 12.2. The van der Waals surface area contributed by atoms with Gasteiger partial charge in [-0.25, -0.2) is 0 Å². The second kappa shape index (κ2) is 5.17. The Balaban J connectivity index is 2.29. The maximum absolute atomic E-state index is 4.69. The zero-order valence-corrected chi connectivity index (χ0v) is 13.3. The summed E-state index contributed by atoms with van der Waals surface area (Å²) in [4.78, 5) is 9.05. The molecule has 0 amide bonds. The molecule has 2 aromatic rings. The molecular weight excluding hydrogens is 315 g/mol. The molecule has 0 saturated heterocycles. The van der Waals surface area contributed by atoms with Gasteiger partial charge in [0.1, 0.15) is 0 Å². The van der Waals surface area contributed by atoms with Gasteiger partial charge in [-0.2, -0.15) is 0 Å². The summed E-state index contributed by atoms with van der Waals surface area (Å²) in [6.07, 6.45) is 1.89. The molecule has 0 N–H and O–H groups in total. The molecule has 0 spiro atoms. The van der Waals surface area contributed by atoms with Gasteiger partial charge in [-0.05, 0) is 0 Å². The quantitative estimate of drug-likeness (QED) is 0.791. The number of hydrogen-bond donors (Lipinski definition) is 0. The zero-order valence-electron chi connectivity index (χ0n) is 10.4. The van der Waals surface area contributed by atoms with Crippen molar-refractivity contribution in [1.29, 1.82) is 0 Å². The van der Waals surface area contributed by atoms with Crippen LogP contribution in [0.4, 0.5) is 0 Å². The van der Waals surface area contributed by atoms with Crippen LogP contribution in [0.2, 0.25) is 3.43 Å². The molecule has 0 aliphatic rings. The molecule has 2 radical (unpaired) electrons. The summed E-state index contributed by atoms with van der Waals surface area (Å²) < 4.78 is 1.70. The normalized spacial score (nSPS) is 11.5. The minimum atomic E-state index is -0.646. The van der Waals surface area contributed by atoms with E-state index in [2.05, 4.69) is 44.0 Å². The average molecular weight is 331 g/mol. The first kappa shape index (κ1) is 12.6. The molecule has 2 rings (SSSR count). The molecule has 17 heavy (non-hydrogen) atoms. The Kier molecular flexibility index (Phi) is 3.82. The Labute approximate surface area is 113 Å². The van der Waals surface area contributed by atoms with Crippen molar-refractivity contribution < 1.29 is 0 Å². The molecule has 0 aliphatic carbocycles. The first-order chi connectivity index (χ1) is 8.04. The molecule has 1 heterocycles. The second-order valence-corrected chi connectivity index (χ2v) is 11.5. The van der Waals surface area contributed by atoms with Crippen molar-refractivity contribution in [3.63, 3.8) is 0 Å². The van der Waals surface area contributed by atoms with Gasteiger partial charge < -0.3 is 0 Å². The molecule has 0 saturated carbocycles. The van der Waals surface area contributed by atoms with E-state index >= 15 is 0 Å². The summed E-state index contributed by atoms with van der Waals surface area (Å²) in [6.45, 7) is 6.89. The Morgan fingerprint density at radius 2 is 1.71 bits per heavy atom. The fourth-order valence-electron chi connectivity index (χ4n) is 1.54. The van der Waals surface area contributed by atoms with Gasteiger partial charge in [-0.3, -0.25) is 0 Å². The van der Waals surface area contributed by atoms with E-state index in [9.17, 15) is 0 Å². The first-order valence-corrected chi connectivity index (χ1v) is 8.57. The fraction of sp³-hybridized carbons (Fsp3) is 0.286. The van der Waals surface area contributed by atoms with Gasteiger partial charge >= 0.3 is 113 Å². The Morgan fingerprint density at radius 1 is 1.00 bits per heavy atom. The van der Waals surface area contributed by atoms with Crippen LogP contribution in [0.5, 0.6) is 0 Å². The van der Waals surface area contributed by atoms with E-state index < -0.39 is 21.1 Å². The van der Waals surface area contributed by atoms with E-state index in [1.54, 1.807) is 0 Å². The van der Waals surface area contributed by atoms with E-state index in [-0.39, 0.29) is 0 Å². The average Bonchev–Trinajstić information content (AvgIpc) is 2.28. The third-order valence-electron chi connectivity index (χ3n) is 2.19. The summed E-state index contributed by atoms with van der Waals surface area (Å²) in [5.74, 6) is 0.855. The minimum absolute atomic E-state index is 0.422. The van der Waals surface area contributed by atoms with Crippen molar-refractivity contribution in [3.05, 3.63) is 42.6 Å². The Morgan fingerprint density at radius 3 is 2.35 bits per heavy atom. The molecule has 0 atom stereocenters. The monoisotopic (exact) mass is 332 g/mol. The standard InChI is InChI=1S/C10H7N2.C4H9.Sn/c1-2-5-9(6-3-1)10-11-7-4-8-12-10;1-4(2)3;/h1-7H;1-3H3;. The number of nitrogens with zero attached hydrogens (tertiary/aromatic N) is 2. The number of aromatic nitrogens is 2. The van der Waals surface area contributed by atoms with Crippen LogP contribution in [0.3, 0.4) is 0 Å². The number of benzene rings is 1. The molecule has 0 unspecified atom stereocenters. The predicted octanol–water partition coefficient (Wildman–Crippen LogP) is 2.69. The van der Waals surface area contributed by atoms with Gasteiger partial charge in [0.15, 0.2) is 0 Å². The van der Waals surface area contributed by atoms with Crippen molar-refractivity contribution in [3.8, 4) is 11.4 Å². The van der Waals surface area contributed by atoms with Crippen LogP contribution < -0.4 is 3.71 Å². The molecule has 3 heteroatoms. The van der Waals surface area contributed by atoms with E-state index in [1.807, 2.05) is 24.4 Å². The van der Waals surface area contributed by atoms with E-state index in [4.69, 9.17) is 4.98 Å². The maximum atomic E-state index is 4.69. The molecule has 1 aromatic heterocycles. The third-order valence-corrected chi connectivity index (χ3v) is 5.86. The number of hydrogen-bond acceptors (Lipinski definition) is 2. The summed E-state index contributed by atoms with van der Waals surface area (Å²) in [5, 5.41) is 0. The zero-order chi connectivity index (χ0) is 12.3. The first-order valence-electron chi connectivity index (χ1n) is 5.71.